The molecule has 2 N–H and O–H groups in total. The number of para-hydroxylation sites is 1. The predicted octanol–water partition coefficient (Wildman–Crippen LogP) is 4.66. The summed E-state index contributed by atoms with van der Waals surface area (Å²) in [4.78, 5) is 11.2. The first-order valence-corrected chi connectivity index (χ1v) is 10.5. The summed E-state index contributed by atoms with van der Waals surface area (Å²) in [7, 11) is 0. The lowest BCUT2D eigenvalue weighted by atomic mass is 10.2. The molecule has 0 unspecified atom stereocenters. The lowest BCUT2D eigenvalue weighted by molar-refractivity contribution is 0.462. The second kappa shape index (κ2) is 9.54. The third-order valence-electron chi connectivity index (χ3n) is 4.88. The third kappa shape index (κ3) is 5.45. The van der Waals surface area contributed by atoms with Gasteiger partial charge in [0.2, 0.25) is 11.8 Å². The third-order valence-corrected chi connectivity index (χ3v) is 5.13. The van der Waals surface area contributed by atoms with Gasteiger partial charge in [-0.05, 0) is 61.8 Å². The van der Waals surface area contributed by atoms with Crippen LogP contribution < -0.4 is 20.3 Å². The van der Waals surface area contributed by atoms with Gasteiger partial charge in [0, 0.05) is 37.1 Å². The molecule has 7 heteroatoms. The first kappa shape index (κ1) is 20.1. The highest BCUT2D eigenvalue weighted by Crippen LogP contribution is 2.21. The largest absolute Gasteiger partial charge is 0.439 e. The second-order valence-corrected chi connectivity index (χ2v) is 7.66. The van der Waals surface area contributed by atoms with Crippen molar-refractivity contribution < 1.29 is 4.74 Å². The SMILES string of the molecule is Cc1cc(Oc2ccccc2)nc(NC(=S)NCc2ccc(N3CCCC3)cc2)n1. The molecule has 30 heavy (non-hydrogen) atoms. The average Bonchev–Trinajstić information content (AvgIpc) is 3.28. The van der Waals surface area contributed by atoms with E-state index < -0.39 is 0 Å². The molecule has 0 saturated carbocycles. The normalized spacial score (nSPS) is 13.2. The number of benzene rings is 2. The molecule has 154 valence electrons. The number of hydrogen-bond donors (Lipinski definition) is 2. The number of thiocarbonyl (C=S) groups is 1. The van der Waals surface area contributed by atoms with Gasteiger partial charge in [-0.3, -0.25) is 0 Å². The molecular weight excluding hydrogens is 394 g/mol. The van der Waals surface area contributed by atoms with Gasteiger partial charge in [-0.25, -0.2) is 4.98 Å². The average molecular weight is 420 g/mol. The molecule has 0 radical (unpaired) electrons. The molecule has 1 aliphatic rings. The zero-order valence-corrected chi connectivity index (χ0v) is 17.8. The second-order valence-electron chi connectivity index (χ2n) is 7.25. The summed E-state index contributed by atoms with van der Waals surface area (Å²) in [6, 6.07) is 19.9. The van der Waals surface area contributed by atoms with E-state index in [1.165, 1.54) is 24.1 Å². The minimum atomic E-state index is 0.405. The first-order valence-electron chi connectivity index (χ1n) is 10.1. The molecule has 0 amide bonds. The Morgan fingerprint density at radius 3 is 2.50 bits per heavy atom. The van der Waals surface area contributed by atoms with E-state index >= 15 is 0 Å². The molecule has 6 nitrogen and oxygen atoms in total. The van der Waals surface area contributed by atoms with E-state index in [9.17, 15) is 0 Å². The summed E-state index contributed by atoms with van der Waals surface area (Å²) < 4.78 is 5.81. The van der Waals surface area contributed by atoms with Crippen molar-refractivity contribution in [2.75, 3.05) is 23.3 Å². The van der Waals surface area contributed by atoms with Crippen molar-refractivity contribution in [3.8, 4) is 11.6 Å². The molecule has 1 aromatic heterocycles. The van der Waals surface area contributed by atoms with Gasteiger partial charge in [-0.1, -0.05) is 30.3 Å². The smallest absolute Gasteiger partial charge is 0.232 e. The quantitative estimate of drug-likeness (QED) is 0.563. The van der Waals surface area contributed by atoms with Crippen molar-refractivity contribution in [2.24, 2.45) is 0 Å². The van der Waals surface area contributed by atoms with Gasteiger partial charge in [0.05, 0.1) is 0 Å². The van der Waals surface area contributed by atoms with Gasteiger partial charge in [0.1, 0.15) is 5.75 Å². The van der Waals surface area contributed by atoms with Crippen molar-refractivity contribution in [1.82, 2.24) is 15.3 Å². The number of hydrogen-bond acceptors (Lipinski definition) is 5. The summed E-state index contributed by atoms with van der Waals surface area (Å²) in [5, 5.41) is 6.72. The van der Waals surface area contributed by atoms with E-state index in [0.29, 0.717) is 23.5 Å². The topological polar surface area (TPSA) is 62.3 Å². The maximum Gasteiger partial charge on any atom is 0.232 e. The van der Waals surface area contributed by atoms with Gasteiger partial charge in [0.15, 0.2) is 5.11 Å². The highest BCUT2D eigenvalue weighted by Gasteiger charge is 2.12. The summed E-state index contributed by atoms with van der Waals surface area (Å²) in [6.45, 7) is 4.82. The van der Waals surface area contributed by atoms with Crippen molar-refractivity contribution in [3.05, 3.63) is 71.9 Å². The van der Waals surface area contributed by atoms with E-state index in [1.807, 2.05) is 37.3 Å². The standard InChI is InChI=1S/C23H25N5OS/c1-17-15-21(29-20-7-3-2-4-8-20)26-22(25-17)27-23(30)24-16-18-9-11-19(12-10-18)28-13-5-6-14-28/h2-4,7-12,15H,5-6,13-14,16H2,1H3,(H2,24,25,26,27,30). The zero-order valence-electron chi connectivity index (χ0n) is 17.0. The fourth-order valence-corrected chi connectivity index (χ4v) is 3.55. The lowest BCUT2D eigenvalue weighted by Crippen LogP contribution is -2.28. The first-order chi connectivity index (χ1) is 14.7. The molecule has 3 aromatic rings. The fourth-order valence-electron chi connectivity index (χ4n) is 3.39. The molecule has 0 bridgehead atoms. The van der Waals surface area contributed by atoms with Crippen LogP contribution in [0.4, 0.5) is 11.6 Å². The van der Waals surface area contributed by atoms with Gasteiger partial charge in [-0.2, -0.15) is 4.98 Å². The van der Waals surface area contributed by atoms with Gasteiger partial charge < -0.3 is 20.3 Å². The maximum atomic E-state index is 5.81. The maximum absolute atomic E-state index is 5.81. The van der Waals surface area contributed by atoms with Crippen molar-refractivity contribution in [2.45, 2.75) is 26.3 Å². The van der Waals surface area contributed by atoms with Crippen LogP contribution in [0, 0.1) is 6.92 Å². The molecule has 1 fully saturated rings. The van der Waals surface area contributed by atoms with Gasteiger partial charge in [-0.15, -0.1) is 0 Å². The van der Waals surface area contributed by atoms with Crippen LogP contribution in [0.2, 0.25) is 0 Å². The highest BCUT2D eigenvalue weighted by molar-refractivity contribution is 7.80. The number of aromatic nitrogens is 2. The fraction of sp³-hybridized carbons (Fsp3) is 0.261. The van der Waals surface area contributed by atoms with Crippen molar-refractivity contribution in [1.29, 1.82) is 0 Å². The number of rotatable bonds is 6. The molecule has 0 spiro atoms. The Morgan fingerprint density at radius 1 is 1.03 bits per heavy atom. The summed E-state index contributed by atoms with van der Waals surface area (Å²) in [5.41, 5.74) is 3.25. The lowest BCUT2D eigenvalue weighted by Gasteiger charge is -2.18. The Kier molecular flexibility index (Phi) is 6.39. The number of nitrogens with one attached hydrogen (secondary N) is 2. The van der Waals surface area contributed by atoms with E-state index in [-0.39, 0.29) is 0 Å². The number of ether oxygens (including phenoxy) is 1. The molecule has 2 aromatic carbocycles. The molecule has 4 rings (SSSR count). The summed E-state index contributed by atoms with van der Waals surface area (Å²) in [6.07, 6.45) is 2.56. The number of anilines is 2. The van der Waals surface area contributed by atoms with Gasteiger partial charge in [0.25, 0.3) is 0 Å². The highest BCUT2D eigenvalue weighted by atomic mass is 32.1. The number of aryl methyl sites for hydroxylation is 1. The van der Waals surface area contributed by atoms with Crippen molar-refractivity contribution in [3.63, 3.8) is 0 Å². The Morgan fingerprint density at radius 2 is 1.77 bits per heavy atom. The predicted molar refractivity (Wildman–Crippen MR) is 124 cm³/mol. The van der Waals surface area contributed by atoms with Crippen LogP contribution in [0.15, 0.2) is 60.7 Å². The van der Waals surface area contributed by atoms with Crippen molar-refractivity contribution >= 4 is 29.0 Å². The molecule has 1 aliphatic heterocycles. The molecule has 0 aliphatic carbocycles. The number of nitrogens with zero attached hydrogens (tertiary/aromatic N) is 3. The van der Waals surface area contributed by atoms with Crippen LogP contribution in [0.1, 0.15) is 24.1 Å². The minimum Gasteiger partial charge on any atom is -0.439 e. The summed E-state index contributed by atoms with van der Waals surface area (Å²) >= 11 is 5.41. The van der Waals surface area contributed by atoms with Gasteiger partial charge >= 0.3 is 0 Å². The van der Waals surface area contributed by atoms with Crippen LogP contribution in [0.5, 0.6) is 11.6 Å². The Hall–Kier alpha value is -3.19. The molecule has 2 heterocycles. The van der Waals surface area contributed by atoms with E-state index in [0.717, 1.165) is 24.5 Å². The van der Waals surface area contributed by atoms with Crippen LogP contribution >= 0.6 is 12.2 Å². The van der Waals surface area contributed by atoms with Crippen LogP contribution in [0.25, 0.3) is 0 Å². The zero-order chi connectivity index (χ0) is 20.8. The Bertz CT molecular complexity index is 988. The van der Waals surface area contributed by atoms with E-state index in [2.05, 4.69) is 49.8 Å². The Balaban J connectivity index is 1.32. The monoisotopic (exact) mass is 419 g/mol. The molecule has 0 atom stereocenters. The summed E-state index contributed by atoms with van der Waals surface area (Å²) in [5.74, 6) is 1.60. The van der Waals surface area contributed by atoms with Crippen LogP contribution in [-0.2, 0) is 6.54 Å². The van der Waals surface area contributed by atoms with E-state index in [1.54, 1.807) is 6.07 Å². The minimum absolute atomic E-state index is 0.405. The van der Waals surface area contributed by atoms with Crippen LogP contribution in [-0.4, -0.2) is 28.2 Å². The van der Waals surface area contributed by atoms with Crippen LogP contribution in [0.3, 0.4) is 0 Å². The molecule has 1 saturated heterocycles. The van der Waals surface area contributed by atoms with E-state index in [4.69, 9.17) is 17.0 Å². The molecular formula is C23H25N5OS. The Labute approximate surface area is 182 Å².